The van der Waals surface area contributed by atoms with Crippen molar-refractivity contribution in [3.63, 3.8) is 0 Å². The maximum Gasteiger partial charge on any atom is 0.148 e. The van der Waals surface area contributed by atoms with E-state index in [1.54, 1.807) is 14.2 Å². The lowest BCUT2D eigenvalue weighted by atomic mass is 9.88. The molecule has 0 unspecified atom stereocenters. The molecule has 0 saturated carbocycles. The van der Waals surface area contributed by atoms with Gasteiger partial charge in [-0.15, -0.1) is 5.10 Å². The first kappa shape index (κ1) is 22.0. The molecular weight excluding hydrogens is 402 g/mol. The molecule has 0 atom stereocenters. The number of unbranched alkanes of at least 4 members (excludes halogenated alkanes) is 1. The number of nitrogens with one attached hydrogen (secondary N) is 1. The summed E-state index contributed by atoms with van der Waals surface area (Å²) in [5.41, 5.74) is 5.33. The molecule has 2 aromatic carbocycles. The number of nitrogens with zero attached hydrogens (tertiary/aromatic N) is 4. The Labute approximate surface area is 189 Å². The number of methoxy groups -OCH3 is 2. The molecule has 7 nitrogen and oxygen atoms in total. The van der Waals surface area contributed by atoms with E-state index in [-0.39, 0.29) is 0 Å². The van der Waals surface area contributed by atoms with Crippen molar-refractivity contribution in [2.24, 2.45) is 0 Å². The number of ether oxygens (including phenoxy) is 2. The van der Waals surface area contributed by atoms with Crippen molar-refractivity contribution in [2.75, 3.05) is 33.9 Å². The van der Waals surface area contributed by atoms with Gasteiger partial charge in [0.2, 0.25) is 0 Å². The molecule has 1 aliphatic rings. The summed E-state index contributed by atoms with van der Waals surface area (Å²) in [5.74, 6) is 2.63. The quantitative estimate of drug-likeness (QED) is 0.511. The van der Waals surface area contributed by atoms with Crippen LogP contribution in [0, 0.1) is 0 Å². The first-order valence-electron chi connectivity index (χ1n) is 11.2. The second-order valence-electron chi connectivity index (χ2n) is 8.08. The van der Waals surface area contributed by atoms with Gasteiger partial charge >= 0.3 is 0 Å². The van der Waals surface area contributed by atoms with Gasteiger partial charge in [0.1, 0.15) is 17.3 Å². The Morgan fingerprint density at radius 3 is 1.97 bits per heavy atom. The minimum Gasteiger partial charge on any atom is -0.497 e. The Morgan fingerprint density at radius 2 is 1.47 bits per heavy atom. The van der Waals surface area contributed by atoms with Crippen molar-refractivity contribution >= 4 is 5.57 Å². The topological polar surface area (TPSA) is 76.2 Å². The molecule has 1 fully saturated rings. The van der Waals surface area contributed by atoms with E-state index in [9.17, 15) is 0 Å². The van der Waals surface area contributed by atoms with E-state index in [1.165, 1.54) is 22.3 Å². The van der Waals surface area contributed by atoms with Crippen molar-refractivity contribution in [1.29, 1.82) is 0 Å². The monoisotopic (exact) mass is 433 g/mol. The molecule has 4 rings (SSSR count). The van der Waals surface area contributed by atoms with Gasteiger partial charge in [0.05, 0.1) is 14.2 Å². The summed E-state index contributed by atoms with van der Waals surface area (Å²) in [6.45, 7) is 3.30. The van der Waals surface area contributed by atoms with Crippen LogP contribution in [0.5, 0.6) is 11.5 Å². The fourth-order valence-corrected chi connectivity index (χ4v) is 4.30. The number of hydrogen-bond donors (Lipinski definition) is 1. The van der Waals surface area contributed by atoms with Crippen LogP contribution in [0.4, 0.5) is 0 Å². The van der Waals surface area contributed by atoms with Crippen LogP contribution in [0.1, 0.15) is 42.6 Å². The number of rotatable bonds is 9. The van der Waals surface area contributed by atoms with Gasteiger partial charge in [0.15, 0.2) is 0 Å². The molecule has 1 saturated heterocycles. The van der Waals surface area contributed by atoms with Crippen molar-refractivity contribution in [2.45, 2.75) is 32.1 Å². The van der Waals surface area contributed by atoms with Crippen LogP contribution >= 0.6 is 0 Å². The van der Waals surface area contributed by atoms with Crippen LogP contribution in [-0.2, 0) is 6.42 Å². The summed E-state index contributed by atoms with van der Waals surface area (Å²) in [7, 11) is 3.41. The van der Waals surface area contributed by atoms with Crippen molar-refractivity contribution in [1.82, 2.24) is 25.5 Å². The standard InChI is InChI=1S/C25H31N5O2/c1-31-22-10-6-19(7-11-22)25(20-8-12-23(32-2)13-9-20)21-14-17-30(18-15-21)16-4-3-5-24-26-28-29-27-24/h6-13H,3-5,14-18H2,1-2H3,(H,26,27,28,29). The summed E-state index contributed by atoms with van der Waals surface area (Å²) < 4.78 is 10.7. The van der Waals surface area contributed by atoms with Gasteiger partial charge in [-0.2, -0.15) is 0 Å². The zero-order valence-electron chi connectivity index (χ0n) is 18.9. The molecule has 0 spiro atoms. The van der Waals surface area contributed by atoms with Gasteiger partial charge in [-0.3, -0.25) is 0 Å². The lowest BCUT2D eigenvalue weighted by Gasteiger charge is -2.30. The number of tetrazole rings is 1. The lowest BCUT2D eigenvalue weighted by molar-refractivity contribution is 0.252. The average molecular weight is 434 g/mol. The van der Waals surface area contributed by atoms with E-state index in [0.29, 0.717) is 0 Å². The van der Waals surface area contributed by atoms with E-state index in [1.807, 2.05) is 24.3 Å². The molecular formula is C25H31N5O2. The molecule has 3 aromatic rings. The minimum absolute atomic E-state index is 0.873. The molecule has 32 heavy (non-hydrogen) atoms. The van der Waals surface area contributed by atoms with E-state index >= 15 is 0 Å². The molecule has 1 N–H and O–H groups in total. The van der Waals surface area contributed by atoms with Gasteiger partial charge in [0.25, 0.3) is 0 Å². The number of aryl methyl sites for hydroxylation is 1. The van der Waals surface area contributed by atoms with E-state index in [2.05, 4.69) is 49.8 Å². The highest BCUT2D eigenvalue weighted by Gasteiger charge is 2.19. The summed E-state index contributed by atoms with van der Waals surface area (Å²) in [5, 5.41) is 14.1. The third-order valence-electron chi connectivity index (χ3n) is 6.10. The van der Waals surface area contributed by atoms with Crippen LogP contribution in [0.25, 0.3) is 5.57 Å². The second kappa shape index (κ2) is 10.9. The van der Waals surface area contributed by atoms with Crippen LogP contribution in [0.15, 0.2) is 54.1 Å². The molecule has 0 radical (unpaired) electrons. The fraction of sp³-hybridized carbons (Fsp3) is 0.400. The van der Waals surface area contributed by atoms with Crippen molar-refractivity contribution < 1.29 is 9.47 Å². The van der Waals surface area contributed by atoms with Crippen LogP contribution in [0.3, 0.4) is 0 Å². The molecule has 0 amide bonds. The predicted molar refractivity (Wildman–Crippen MR) is 125 cm³/mol. The molecule has 0 aliphatic carbocycles. The van der Waals surface area contributed by atoms with E-state index in [4.69, 9.17) is 9.47 Å². The van der Waals surface area contributed by atoms with Gasteiger partial charge < -0.3 is 14.4 Å². The summed E-state index contributed by atoms with van der Waals surface area (Å²) >= 11 is 0. The van der Waals surface area contributed by atoms with E-state index < -0.39 is 0 Å². The Balaban J connectivity index is 1.44. The van der Waals surface area contributed by atoms with Crippen LogP contribution in [-0.4, -0.2) is 59.4 Å². The highest BCUT2D eigenvalue weighted by molar-refractivity contribution is 5.82. The Morgan fingerprint density at radius 1 is 0.875 bits per heavy atom. The lowest BCUT2D eigenvalue weighted by Crippen LogP contribution is -2.32. The first-order valence-corrected chi connectivity index (χ1v) is 11.2. The Bertz CT molecular complexity index is 938. The zero-order chi connectivity index (χ0) is 22.2. The normalized spacial score (nSPS) is 14.4. The summed E-state index contributed by atoms with van der Waals surface area (Å²) in [6.07, 6.45) is 5.33. The number of hydrogen-bond acceptors (Lipinski definition) is 6. The molecule has 0 bridgehead atoms. The van der Waals surface area contributed by atoms with Gasteiger partial charge in [0, 0.05) is 19.5 Å². The Hall–Kier alpha value is -3.19. The first-order chi connectivity index (χ1) is 15.8. The Kier molecular flexibility index (Phi) is 7.51. The number of aromatic amines is 1. The third kappa shape index (κ3) is 5.53. The maximum absolute atomic E-state index is 5.36. The van der Waals surface area contributed by atoms with Crippen molar-refractivity contribution in [3.05, 3.63) is 71.1 Å². The zero-order valence-corrected chi connectivity index (χ0v) is 18.9. The molecule has 7 heteroatoms. The third-order valence-corrected chi connectivity index (χ3v) is 6.10. The predicted octanol–water partition coefficient (Wildman–Crippen LogP) is 4.14. The van der Waals surface area contributed by atoms with Crippen molar-refractivity contribution in [3.8, 4) is 11.5 Å². The number of piperidine rings is 1. The largest absolute Gasteiger partial charge is 0.497 e. The fourth-order valence-electron chi connectivity index (χ4n) is 4.30. The molecule has 168 valence electrons. The molecule has 1 aromatic heterocycles. The smallest absolute Gasteiger partial charge is 0.148 e. The maximum atomic E-state index is 5.36. The molecule has 1 aliphatic heterocycles. The minimum atomic E-state index is 0.873. The number of H-pyrrole nitrogens is 1. The highest BCUT2D eigenvalue weighted by Crippen LogP contribution is 2.34. The van der Waals surface area contributed by atoms with Gasteiger partial charge in [-0.1, -0.05) is 29.8 Å². The number of aromatic nitrogens is 4. The summed E-state index contributed by atoms with van der Waals surface area (Å²) in [4.78, 5) is 2.57. The van der Waals surface area contributed by atoms with Crippen LogP contribution in [0.2, 0.25) is 0 Å². The van der Waals surface area contributed by atoms with E-state index in [0.717, 1.165) is 69.1 Å². The SMILES string of the molecule is COc1ccc(C(=C2CCN(CCCCc3nnn[nH]3)CC2)c2ccc(OC)cc2)cc1. The molecule has 2 heterocycles. The van der Waals surface area contributed by atoms with Gasteiger partial charge in [-0.25, -0.2) is 5.10 Å². The van der Waals surface area contributed by atoms with Gasteiger partial charge in [-0.05, 0) is 83.6 Å². The average Bonchev–Trinajstić information content (AvgIpc) is 3.37. The number of benzene rings is 2. The van der Waals surface area contributed by atoms with Crippen LogP contribution < -0.4 is 9.47 Å². The summed E-state index contributed by atoms with van der Waals surface area (Å²) in [6, 6.07) is 16.8. The highest BCUT2D eigenvalue weighted by atomic mass is 16.5. The second-order valence-corrected chi connectivity index (χ2v) is 8.08. The number of likely N-dealkylation sites (tertiary alicyclic amines) is 1.